The van der Waals surface area contributed by atoms with E-state index in [9.17, 15) is 13.6 Å². The van der Waals surface area contributed by atoms with E-state index in [1.807, 2.05) is 0 Å². The highest BCUT2D eigenvalue weighted by atomic mass is 79.9. The molecule has 4 nitrogen and oxygen atoms in total. The third kappa shape index (κ3) is 2.93. The van der Waals surface area contributed by atoms with Gasteiger partial charge in [0.25, 0.3) is 5.91 Å². The van der Waals surface area contributed by atoms with Crippen molar-refractivity contribution in [2.24, 2.45) is 0 Å². The summed E-state index contributed by atoms with van der Waals surface area (Å²) in [5, 5.41) is 4.33. The minimum atomic E-state index is -0.585. The lowest BCUT2D eigenvalue weighted by Gasteiger charge is -2.00. The van der Waals surface area contributed by atoms with Crippen molar-refractivity contribution >= 4 is 38.3 Å². The number of nitrogens with one attached hydrogen (secondary N) is 1. The van der Waals surface area contributed by atoms with Crippen molar-refractivity contribution in [3.05, 3.63) is 57.8 Å². The number of halogens is 3. The lowest BCUT2D eigenvalue weighted by atomic mass is 10.1. The number of hydrogen-bond acceptors (Lipinski definition) is 4. The number of thiazole rings is 1. The predicted molar refractivity (Wildman–Crippen MR) is 81.8 cm³/mol. The Morgan fingerprint density at radius 1 is 1.32 bits per heavy atom. The summed E-state index contributed by atoms with van der Waals surface area (Å²) in [5.74, 6) is -1.53. The van der Waals surface area contributed by atoms with Crippen molar-refractivity contribution < 1.29 is 18.0 Å². The number of furan rings is 1. The number of benzene rings is 1. The Hall–Kier alpha value is -2.06. The van der Waals surface area contributed by atoms with Crippen LogP contribution in [0.25, 0.3) is 11.3 Å². The Balaban J connectivity index is 1.84. The number of aromatic nitrogens is 1. The van der Waals surface area contributed by atoms with Gasteiger partial charge in [-0.1, -0.05) is 0 Å². The maximum Gasteiger partial charge on any atom is 0.294 e. The summed E-state index contributed by atoms with van der Waals surface area (Å²) in [4.78, 5) is 16.0. The lowest BCUT2D eigenvalue weighted by Crippen LogP contribution is -2.11. The number of hydrogen-bond donors (Lipinski definition) is 1. The number of rotatable bonds is 3. The first kappa shape index (κ1) is 14.9. The average molecular weight is 385 g/mol. The van der Waals surface area contributed by atoms with Gasteiger partial charge in [-0.3, -0.25) is 10.1 Å². The molecule has 0 aliphatic carbocycles. The fraction of sp³-hybridized carbons (Fsp3) is 0. The summed E-state index contributed by atoms with van der Waals surface area (Å²) in [7, 11) is 0. The molecule has 3 aromatic rings. The molecule has 0 saturated heterocycles. The lowest BCUT2D eigenvalue weighted by molar-refractivity contribution is 0.0995. The summed E-state index contributed by atoms with van der Waals surface area (Å²) < 4.78 is 32.4. The molecule has 2 heterocycles. The first-order valence-electron chi connectivity index (χ1n) is 6.00. The van der Waals surface area contributed by atoms with Crippen LogP contribution in [0.5, 0.6) is 0 Å². The van der Waals surface area contributed by atoms with Gasteiger partial charge < -0.3 is 4.42 Å². The third-order valence-corrected chi connectivity index (χ3v) is 4.13. The van der Waals surface area contributed by atoms with E-state index in [4.69, 9.17) is 4.42 Å². The minimum Gasteiger partial charge on any atom is -0.458 e. The van der Waals surface area contributed by atoms with Crippen LogP contribution in [0.4, 0.5) is 13.9 Å². The van der Waals surface area contributed by atoms with Gasteiger partial charge in [0.1, 0.15) is 11.6 Å². The maximum absolute atomic E-state index is 13.7. The number of anilines is 1. The molecule has 0 radical (unpaired) electrons. The van der Waals surface area contributed by atoms with Crippen LogP contribution in [0.1, 0.15) is 10.6 Å². The molecule has 1 aromatic carbocycles. The van der Waals surface area contributed by atoms with E-state index in [1.54, 1.807) is 6.07 Å². The number of amides is 1. The van der Waals surface area contributed by atoms with Gasteiger partial charge in [0.2, 0.25) is 5.76 Å². The fourth-order valence-electron chi connectivity index (χ4n) is 1.76. The molecule has 1 amide bonds. The van der Waals surface area contributed by atoms with Gasteiger partial charge in [0.05, 0.1) is 16.4 Å². The highest BCUT2D eigenvalue weighted by Gasteiger charge is 2.16. The van der Waals surface area contributed by atoms with E-state index in [-0.39, 0.29) is 22.1 Å². The van der Waals surface area contributed by atoms with Crippen molar-refractivity contribution in [1.82, 2.24) is 4.98 Å². The minimum absolute atomic E-state index is 0.0379. The quantitative estimate of drug-likeness (QED) is 0.712. The molecule has 0 aliphatic rings. The first-order valence-corrected chi connectivity index (χ1v) is 7.67. The van der Waals surface area contributed by atoms with Gasteiger partial charge in [0, 0.05) is 10.9 Å². The summed E-state index contributed by atoms with van der Waals surface area (Å²) in [6.45, 7) is 0. The highest BCUT2D eigenvalue weighted by molar-refractivity contribution is 9.10. The fourth-order valence-corrected chi connectivity index (χ4v) is 2.85. The molecular formula is C14H7BrF2N2O2S. The van der Waals surface area contributed by atoms with Gasteiger partial charge in [0.15, 0.2) is 5.13 Å². The zero-order valence-corrected chi connectivity index (χ0v) is 13.2. The highest BCUT2D eigenvalue weighted by Crippen LogP contribution is 2.28. The van der Waals surface area contributed by atoms with Crippen LogP contribution in [0.2, 0.25) is 0 Å². The average Bonchev–Trinajstić information content (AvgIpc) is 3.10. The number of carbonyl (C=O) groups is 1. The second kappa shape index (κ2) is 5.98. The van der Waals surface area contributed by atoms with Crippen LogP contribution >= 0.6 is 27.3 Å². The topological polar surface area (TPSA) is 55.1 Å². The standard InChI is InChI=1S/C14H7BrF2N2O2S/c15-9-3-4-21-12(9)13(20)19-14-18-11(6-22-14)8-5-7(16)1-2-10(8)17/h1-6H,(H,18,19,20). The molecule has 8 heteroatoms. The maximum atomic E-state index is 13.7. The first-order chi connectivity index (χ1) is 10.5. The monoisotopic (exact) mass is 384 g/mol. The van der Waals surface area contributed by atoms with E-state index in [0.717, 1.165) is 29.5 Å². The van der Waals surface area contributed by atoms with Crippen molar-refractivity contribution in [3.63, 3.8) is 0 Å². The van der Waals surface area contributed by atoms with Crippen LogP contribution in [-0.4, -0.2) is 10.9 Å². The van der Waals surface area contributed by atoms with E-state index < -0.39 is 17.5 Å². The van der Waals surface area contributed by atoms with Crippen LogP contribution in [0.3, 0.4) is 0 Å². The Morgan fingerprint density at radius 3 is 2.86 bits per heavy atom. The largest absolute Gasteiger partial charge is 0.458 e. The van der Waals surface area contributed by atoms with Crippen molar-refractivity contribution in [3.8, 4) is 11.3 Å². The number of nitrogens with zero attached hydrogens (tertiary/aromatic N) is 1. The smallest absolute Gasteiger partial charge is 0.294 e. The normalized spacial score (nSPS) is 10.7. The molecule has 22 heavy (non-hydrogen) atoms. The van der Waals surface area contributed by atoms with Crippen molar-refractivity contribution in [2.75, 3.05) is 5.32 Å². The summed E-state index contributed by atoms with van der Waals surface area (Å²) in [5.41, 5.74) is 0.284. The Morgan fingerprint density at radius 2 is 2.14 bits per heavy atom. The van der Waals surface area contributed by atoms with E-state index in [0.29, 0.717) is 4.47 Å². The molecule has 0 spiro atoms. The van der Waals surface area contributed by atoms with E-state index in [1.165, 1.54) is 11.6 Å². The number of carbonyl (C=O) groups excluding carboxylic acids is 1. The van der Waals surface area contributed by atoms with Crippen LogP contribution < -0.4 is 5.32 Å². The zero-order chi connectivity index (χ0) is 15.7. The SMILES string of the molecule is O=C(Nc1nc(-c2cc(F)ccc2F)cs1)c1occc1Br. The molecule has 0 bridgehead atoms. The molecule has 0 saturated carbocycles. The van der Waals surface area contributed by atoms with Gasteiger partial charge in [-0.2, -0.15) is 0 Å². The second-order valence-electron chi connectivity index (χ2n) is 4.21. The predicted octanol–water partition coefficient (Wildman–Crippen LogP) is 4.70. The van der Waals surface area contributed by atoms with Gasteiger partial charge in [-0.25, -0.2) is 13.8 Å². The summed E-state index contributed by atoms with van der Waals surface area (Å²) in [6.07, 6.45) is 1.37. The molecule has 0 atom stereocenters. The van der Waals surface area contributed by atoms with Crippen molar-refractivity contribution in [2.45, 2.75) is 0 Å². The Bertz CT molecular complexity index is 847. The van der Waals surface area contributed by atoms with Crippen LogP contribution in [-0.2, 0) is 0 Å². The second-order valence-corrected chi connectivity index (χ2v) is 5.93. The Labute approximate surface area is 135 Å². The van der Waals surface area contributed by atoms with Crippen LogP contribution in [0, 0.1) is 11.6 Å². The van der Waals surface area contributed by atoms with Gasteiger partial charge >= 0.3 is 0 Å². The molecule has 1 N–H and O–H groups in total. The molecular weight excluding hydrogens is 378 g/mol. The third-order valence-electron chi connectivity index (χ3n) is 2.75. The Kier molecular flexibility index (Phi) is 4.04. The zero-order valence-electron chi connectivity index (χ0n) is 10.8. The molecule has 0 fully saturated rings. The van der Waals surface area contributed by atoms with Crippen molar-refractivity contribution in [1.29, 1.82) is 0 Å². The van der Waals surface area contributed by atoms with Crippen LogP contribution in [0.15, 0.2) is 44.8 Å². The molecule has 0 unspecified atom stereocenters. The molecule has 112 valence electrons. The molecule has 3 rings (SSSR count). The summed E-state index contributed by atoms with van der Waals surface area (Å²) >= 11 is 4.28. The van der Waals surface area contributed by atoms with Gasteiger partial charge in [-0.05, 0) is 40.2 Å². The van der Waals surface area contributed by atoms with E-state index >= 15 is 0 Å². The summed E-state index contributed by atoms with van der Waals surface area (Å²) in [6, 6.07) is 4.70. The molecule has 0 aliphatic heterocycles. The van der Waals surface area contributed by atoms with E-state index in [2.05, 4.69) is 26.2 Å². The molecule has 2 aromatic heterocycles. The van der Waals surface area contributed by atoms with Gasteiger partial charge in [-0.15, -0.1) is 11.3 Å².